The predicted octanol–water partition coefficient (Wildman–Crippen LogP) is 1.96. The van der Waals surface area contributed by atoms with E-state index in [1.807, 2.05) is 13.8 Å². The number of carbonyl (C=O) groups excluding carboxylic acids is 3. The monoisotopic (exact) mass is 304 g/mol. The molecule has 5 atom stereocenters. The van der Waals surface area contributed by atoms with E-state index < -0.39 is 12.2 Å². The first-order valence-corrected chi connectivity index (χ1v) is 7.61. The Morgan fingerprint density at radius 1 is 1.32 bits per heavy atom. The van der Waals surface area contributed by atoms with Crippen molar-refractivity contribution in [3.8, 4) is 0 Å². The molecule has 5 heteroatoms. The van der Waals surface area contributed by atoms with Gasteiger partial charge in [-0.1, -0.05) is 18.1 Å². The summed E-state index contributed by atoms with van der Waals surface area (Å²) in [7, 11) is 0. The molecule has 3 rings (SSSR count). The molecule has 1 aliphatic heterocycles. The van der Waals surface area contributed by atoms with Crippen LogP contribution in [-0.2, 0) is 23.9 Å². The first kappa shape index (κ1) is 15.0. The molecule has 0 aromatic carbocycles. The van der Waals surface area contributed by atoms with Gasteiger partial charge < -0.3 is 9.47 Å². The Kier molecular flexibility index (Phi) is 3.46. The average Bonchev–Trinajstić information content (AvgIpc) is 2.81. The summed E-state index contributed by atoms with van der Waals surface area (Å²) in [5.41, 5.74) is 2.55. The molecule has 22 heavy (non-hydrogen) atoms. The smallest absolute Gasteiger partial charge is 0.309 e. The van der Waals surface area contributed by atoms with Gasteiger partial charge >= 0.3 is 11.9 Å². The molecule has 3 aliphatic rings. The molecule has 2 aliphatic carbocycles. The van der Waals surface area contributed by atoms with Crippen LogP contribution in [-0.4, -0.2) is 29.9 Å². The zero-order valence-corrected chi connectivity index (χ0v) is 13.2. The minimum atomic E-state index is -0.429. The molecule has 0 bridgehead atoms. The largest absolute Gasteiger partial charge is 0.462 e. The number of esters is 2. The van der Waals surface area contributed by atoms with E-state index in [0.717, 1.165) is 11.1 Å². The molecule has 5 nitrogen and oxygen atoms in total. The van der Waals surface area contributed by atoms with E-state index in [1.165, 1.54) is 6.92 Å². The summed E-state index contributed by atoms with van der Waals surface area (Å²) in [6.07, 6.45) is 1.24. The third kappa shape index (κ3) is 2.11. The maximum atomic E-state index is 12.3. The van der Waals surface area contributed by atoms with Gasteiger partial charge in [-0.05, 0) is 19.9 Å². The van der Waals surface area contributed by atoms with Gasteiger partial charge in [0.1, 0.15) is 12.2 Å². The summed E-state index contributed by atoms with van der Waals surface area (Å²) in [4.78, 5) is 35.8. The van der Waals surface area contributed by atoms with E-state index in [0.29, 0.717) is 12.0 Å². The highest BCUT2D eigenvalue weighted by Gasteiger charge is 2.55. The normalized spacial score (nSPS) is 37.3. The molecule has 0 amide bonds. The van der Waals surface area contributed by atoms with Crippen molar-refractivity contribution >= 4 is 17.7 Å². The van der Waals surface area contributed by atoms with Gasteiger partial charge in [-0.3, -0.25) is 14.4 Å². The van der Waals surface area contributed by atoms with Gasteiger partial charge in [-0.15, -0.1) is 0 Å². The molecule has 0 N–H and O–H groups in total. The molecular formula is C17H20O5. The fourth-order valence-corrected chi connectivity index (χ4v) is 4.12. The highest BCUT2D eigenvalue weighted by molar-refractivity contribution is 6.09. The second-order valence-electron chi connectivity index (χ2n) is 6.54. The average molecular weight is 304 g/mol. The standard InChI is InChI=1S/C17H20O5/c1-7-5-11(19)13-8(2)6-12(21-10(4)18)15-9(3)17(20)22-16(15)14(7)13/h5,9,12,14-16H,6H2,1-4H3/t9-,12+,14+,15-,16-/m1/s1. The Hall–Kier alpha value is -1.91. The zero-order chi connectivity index (χ0) is 16.2. The van der Waals surface area contributed by atoms with Crippen LogP contribution in [0.2, 0.25) is 0 Å². The lowest BCUT2D eigenvalue weighted by molar-refractivity contribution is -0.150. The van der Waals surface area contributed by atoms with Crippen molar-refractivity contribution in [3.05, 3.63) is 22.8 Å². The van der Waals surface area contributed by atoms with Gasteiger partial charge in [0.15, 0.2) is 5.78 Å². The maximum Gasteiger partial charge on any atom is 0.309 e. The minimum absolute atomic E-state index is 0.0159. The number of allylic oxidation sites excluding steroid dienone is 1. The summed E-state index contributed by atoms with van der Waals surface area (Å²) < 4.78 is 11.1. The fraction of sp³-hybridized carbons (Fsp3) is 0.588. The van der Waals surface area contributed by atoms with E-state index in [9.17, 15) is 14.4 Å². The number of carbonyl (C=O) groups is 3. The van der Waals surface area contributed by atoms with E-state index >= 15 is 0 Å². The third-order valence-corrected chi connectivity index (χ3v) is 5.05. The van der Waals surface area contributed by atoms with Crippen LogP contribution in [0.4, 0.5) is 0 Å². The fourth-order valence-electron chi connectivity index (χ4n) is 4.12. The van der Waals surface area contributed by atoms with Crippen molar-refractivity contribution < 1.29 is 23.9 Å². The van der Waals surface area contributed by atoms with Crippen LogP contribution in [0.25, 0.3) is 0 Å². The second kappa shape index (κ2) is 5.07. The number of ether oxygens (including phenoxy) is 2. The first-order valence-electron chi connectivity index (χ1n) is 7.61. The van der Waals surface area contributed by atoms with Crippen LogP contribution in [0, 0.1) is 17.8 Å². The van der Waals surface area contributed by atoms with Gasteiger partial charge in [0.25, 0.3) is 0 Å². The lowest BCUT2D eigenvalue weighted by Gasteiger charge is -2.29. The van der Waals surface area contributed by atoms with E-state index in [-0.39, 0.29) is 35.5 Å². The van der Waals surface area contributed by atoms with Crippen molar-refractivity contribution in [2.24, 2.45) is 17.8 Å². The number of hydrogen-bond donors (Lipinski definition) is 0. The van der Waals surface area contributed by atoms with Gasteiger partial charge in [0.05, 0.1) is 5.92 Å². The minimum Gasteiger partial charge on any atom is -0.462 e. The summed E-state index contributed by atoms with van der Waals surface area (Å²) in [6.45, 7) is 6.96. The molecule has 0 aromatic rings. The molecule has 1 heterocycles. The Labute approximate surface area is 129 Å². The lowest BCUT2D eigenvalue weighted by Crippen LogP contribution is -2.37. The van der Waals surface area contributed by atoms with E-state index in [2.05, 4.69) is 0 Å². The predicted molar refractivity (Wildman–Crippen MR) is 77.7 cm³/mol. The molecule has 1 fully saturated rings. The van der Waals surface area contributed by atoms with Crippen LogP contribution < -0.4 is 0 Å². The maximum absolute atomic E-state index is 12.3. The Balaban J connectivity index is 2.08. The van der Waals surface area contributed by atoms with E-state index in [1.54, 1.807) is 13.0 Å². The molecule has 0 unspecified atom stereocenters. The van der Waals surface area contributed by atoms with Crippen LogP contribution in [0.1, 0.15) is 34.1 Å². The first-order chi connectivity index (χ1) is 10.3. The van der Waals surface area contributed by atoms with Gasteiger partial charge in [-0.2, -0.15) is 0 Å². The second-order valence-corrected chi connectivity index (χ2v) is 6.54. The van der Waals surface area contributed by atoms with Crippen LogP contribution in [0.3, 0.4) is 0 Å². The topological polar surface area (TPSA) is 69.7 Å². The summed E-state index contributed by atoms with van der Waals surface area (Å²) >= 11 is 0. The summed E-state index contributed by atoms with van der Waals surface area (Å²) in [5, 5.41) is 0. The van der Waals surface area contributed by atoms with Crippen LogP contribution in [0.15, 0.2) is 22.8 Å². The van der Waals surface area contributed by atoms with Gasteiger partial charge in [0, 0.05) is 30.8 Å². The SMILES string of the molecule is CC(=O)O[C@H]1CC(C)=C2C(=O)C=C(C)[C@@H]2[C@H]2OC(=O)[C@H](C)[C@@H]21. The number of hydrogen-bond acceptors (Lipinski definition) is 5. The summed E-state index contributed by atoms with van der Waals surface area (Å²) in [6, 6.07) is 0. The number of fused-ring (bicyclic) bond motifs is 3. The van der Waals surface area contributed by atoms with Crippen LogP contribution in [0.5, 0.6) is 0 Å². The molecular weight excluding hydrogens is 284 g/mol. The van der Waals surface area contributed by atoms with Crippen molar-refractivity contribution in [3.63, 3.8) is 0 Å². The Bertz CT molecular complexity index is 627. The van der Waals surface area contributed by atoms with Crippen molar-refractivity contribution in [2.45, 2.75) is 46.3 Å². The molecule has 0 saturated carbocycles. The Morgan fingerprint density at radius 3 is 2.64 bits per heavy atom. The molecule has 0 aromatic heterocycles. The van der Waals surface area contributed by atoms with Crippen molar-refractivity contribution in [2.75, 3.05) is 0 Å². The Morgan fingerprint density at radius 2 is 2.00 bits per heavy atom. The molecule has 1 saturated heterocycles. The number of ketones is 1. The van der Waals surface area contributed by atoms with Crippen molar-refractivity contribution in [1.29, 1.82) is 0 Å². The van der Waals surface area contributed by atoms with Crippen LogP contribution >= 0.6 is 0 Å². The summed E-state index contributed by atoms with van der Waals surface area (Å²) in [5.74, 6) is -1.44. The highest BCUT2D eigenvalue weighted by Crippen LogP contribution is 2.48. The highest BCUT2D eigenvalue weighted by atomic mass is 16.6. The van der Waals surface area contributed by atoms with Gasteiger partial charge in [0.2, 0.25) is 0 Å². The quantitative estimate of drug-likeness (QED) is 0.693. The molecule has 0 spiro atoms. The van der Waals surface area contributed by atoms with Crippen molar-refractivity contribution in [1.82, 2.24) is 0 Å². The molecule has 0 radical (unpaired) electrons. The molecule has 118 valence electrons. The lowest BCUT2D eigenvalue weighted by atomic mass is 9.79. The zero-order valence-electron chi connectivity index (χ0n) is 13.2. The van der Waals surface area contributed by atoms with E-state index in [4.69, 9.17) is 9.47 Å². The third-order valence-electron chi connectivity index (χ3n) is 5.05. The number of rotatable bonds is 1. The van der Waals surface area contributed by atoms with Gasteiger partial charge in [-0.25, -0.2) is 0 Å².